The van der Waals surface area contributed by atoms with Crippen LogP contribution in [-0.2, 0) is 7.05 Å². The Hall–Kier alpha value is -1.88. The Morgan fingerprint density at radius 1 is 1.24 bits per heavy atom. The molecule has 0 spiro atoms. The summed E-state index contributed by atoms with van der Waals surface area (Å²) in [6.07, 6.45) is 0. The van der Waals surface area contributed by atoms with E-state index in [2.05, 4.69) is 30.8 Å². The van der Waals surface area contributed by atoms with Crippen molar-refractivity contribution in [3.8, 4) is 0 Å². The summed E-state index contributed by atoms with van der Waals surface area (Å²) >= 11 is 3.20. The number of hydrogen-bond donors (Lipinski definition) is 1. The molecule has 3 aromatic rings. The van der Waals surface area contributed by atoms with Gasteiger partial charge >= 0.3 is 0 Å². The van der Waals surface area contributed by atoms with E-state index in [9.17, 15) is 4.39 Å². The molecule has 3 nitrogen and oxygen atoms in total. The van der Waals surface area contributed by atoms with Crippen molar-refractivity contribution in [1.29, 1.82) is 0 Å². The van der Waals surface area contributed by atoms with Crippen LogP contribution >= 0.6 is 15.9 Å². The molecule has 1 N–H and O–H groups in total. The number of benzene rings is 2. The van der Waals surface area contributed by atoms with Gasteiger partial charge in [-0.3, -0.25) is 0 Å². The number of hydrogen-bond acceptors (Lipinski definition) is 2. The van der Waals surface area contributed by atoms with Gasteiger partial charge in [-0.2, -0.15) is 0 Å². The van der Waals surface area contributed by atoms with Crippen molar-refractivity contribution in [1.82, 2.24) is 9.55 Å². The van der Waals surface area contributed by atoms with Gasteiger partial charge in [-0.15, -0.1) is 0 Å². The van der Waals surface area contributed by atoms with Gasteiger partial charge in [0.1, 0.15) is 11.6 Å². The maximum absolute atomic E-state index is 13.3. The second kappa shape index (κ2) is 5.48. The minimum atomic E-state index is -0.268. The fraction of sp³-hybridized carbons (Fsp3) is 0.188. The molecule has 0 fully saturated rings. The predicted molar refractivity (Wildman–Crippen MR) is 86.9 cm³/mol. The Balaban J connectivity index is 1.91. The van der Waals surface area contributed by atoms with Gasteiger partial charge in [0, 0.05) is 12.7 Å². The van der Waals surface area contributed by atoms with Crippen LogP contribution in [0.3, 0.4) is 0 Å². The first-order valence-electron chi connectivity index (χ1n) is 6.69. The molecule has 0 aliphatic rings. The summed E-state index contributed by atoms with van der Waals surface area (Å²) in [6, 6.07) is 12.9. The second-order valence-electron chi connectivity index (χ2n) is 5.01. The molecule has 0 bridgehead atoms. The van der Waals surface area contributed by atoms with Crippen LogP contribution in [0.4, 0.5) is 10.1 Å². The maximum Gasteiger partial charge on any atom is 0.137 e. The Bertz CT molecular complexity index is 797. The van der Waals surface area contributed by atoms with Crippen LogP contribution in [-0.4, -0.2) is 9.55 Å². The fourth-order valence-electron chi connectivity index (χ4n) is 2.45. The van der Waals surface area contributed by atoms with Crippen LogP contribution in [0, 0.1) is 5.82 Å². The summed E-state index contributed by atoms with van der Waals surface area (Å²) in [7, 11) is 2.00. The lowest BCUT2D eigenvalue weighted by Crippen LogP contribution is -2.12. The lowest BCUT2D eigenvalue weighted by atomic mass is 10.2. The molecule has 0 saturated heterocycles. The average molecular weight is 348 g/mol. The van der Waals surface area contributed by atoms with Gasteiger partial charge in [-0.05, 0) is 53.2 Å². The van der Waals surface area contributed by atoms with E-state index < -0.39 is 0 Å². The standard InChI is InChI=1S/C16H15BrFN3/c1-10(19-11-7-8-13(18)12(17)9-11)16-20-14-5-3-4-6-15(14)21(16)2/h3-10,19H,1-2H3. The highest BCUT2D eigenvalue weighted by atomic mass is 79.9. The van der Waals surface area contributed by atoms with Crippen molar-refractivity contribution in [2.75, 3.05) is 5.32 Å². The summed E-state index contributed by atoms with van der Waals surface area (Å²) in [6.45, 7) is 2.04. The van der Waals surface area contributed by atoms with Crippen LogP contribution in [0.2, 0.25) is 0 Å². The Kier molecular flexibility index (Phi) is 3.68. The Morgan fingerprint density at radius 2 is 2.00 bits per heavy atom. The molecule has 1 aromatic heterocycles. The Labute approximate surface area is 130 Å². The first kappa shape index (κ1) is 14.1. The number of nitrogens with zero attached hydrogens (tertiary/aromatic N) is 2. The second-order valence-corrected chi connectivity index (χ2v) is 5.87. The first-order valence-corrected chi connectivity index (χ1v) is 7.48. The van der Waals surface area contributed by atoms with Crippen LogP contribution < -0.4 is 5.32 Å². The van der Waals surface area contributed by atoms with Gasteiger partial charge < -0.3 is 9.88 Å². The number of nitrogens with one attached hydrogen (secondary N) is 1. The molecule has 0 aliphatic heterocycles. The normalized spacial score (nSPS) is 12.6. The molecule has 2 aromatic carbocycles. The van der Waals surface area contributed by atoms with Crippen molar-refractivity contribution < 1.29 is 4.39 Å². The van der Waals surface area contributed by atoms with Crippen LogP contribution in [0.15, 0.2) is 46.9 Å². The summed E-state index contributed by atoms with van der Waals surface area (Å²) < 4.78 is 15.8. The molecule has 5 heteroatoms. The van der Waals surface area contributed by atoms with E-state index in [0.29, 0.717) is 4.47 Å². The van der Waals surface area contributed by atoms with Crippen molar-refractivity contribution in [3.05, 3.63) is 58.6 Å². The van der Waals surface area contributed by atoms with Gasteiger partial charge in [0.2, 0.25) is 0 Å². The van der Waals surface area contributed by atoms with Crippen LogP contribution in [0.25, 0.3) is 11.0 Å². The highest BCUT2D eigenvalue weighted by Crippen LogP contribution is 2.25. The lowest BCUT2D eigenvalue weighted by molar-refractivity contribution is 0.621. The summed E-state index contributed by atoms with van der Waals surface area (Å²) in [5.41, 5.74) is 2.92. The third-order valence-corrected chi connectivity index (χ3v) is 4.12. The van der Waals surface area contributed by atoms with Crippen LogP contribution in [0.1, 0.15) is 18.8 Å². The number of rotatable bonds is 3. The highest BCUT2D eigenvalue weighted by Gasteiger charge is 2.14. The minimum Gasteiger partial charge on any atom is -0.375 e. The molecule has 0 radical (unpaired) electrons. The largest absolute Gasteiger partial charge is 0.375 e. The van der Waals surface area contributed by atoms with Gasteiger partial charge in [-0.25, -0.2) is 9.37 Å². The molecule has 1 unspecified atom stereocenters. The number of aryl methyl sites for hydroxylation is 1. The molecule has 0 aliphatic carbocycles. The third-order valence-electron chi connectivity index (χ3n) is 3.51. The number of aromatic nitrogens is 2. The molecule has 21 heavy (non-hydrogen) atoms. The molecular formula is C16H15BrFN3. The minimum absolute atomic E-state index is 0.0137. The number of imidazole rings is 1. The van der Waals surface area contributed by atoms with E-state index in [1.807, 2.05) is 38.2 Å². The summed E-state index contributed by atoms with van der Waals surface area (Å²) in [5, 5.41) is 3.35. The van der Waals surface area contributed by atoms with Crippen molar-refractivity contribution >= 4 is 32.7 Å². The third kappa shape index (κ3) is 2.65. The van der Waals surface area contributed by atoms with Gasteiger partial charge in [0.25, 0.3) is 0 Å². The predicted octanol–water partition coefficient (Wildman–Crippen LogP) is 4.65. The molecule has 108 valence electrons. The maximum atomic E-state index is 13.3. The zero-order chi connectivity index (χ0) is 15.0. The van der Waals surface area contributed by atoms with Gasteiger partial charge in [0.15, 0.2) is 0 Å². The quantitative estimate of drug-likeness (QED) is 0.747. The van der Waals surface area contributed by atoms with E-state index in [1.165, 1.54) is 6.07 Å². The summed E-state index contributed by atoms with van der Waals surface area (Å²) in [4.78, 5) is 4.66. The molecule has 0 saturated carbocycles. The molecule has 1 heterocycles. The topological polar surface area (TPSA) is 29.9 Å². The van der Waals surface area contributed by atoms with E-state index >= 15 is 0 Å². The molecular weight excluding hydrogens is 333 g/mol. The van der Waals surface area contributed by atoms with Crippen molar-refractivity contribution in [2.45, 2.75) is 13.0 Å². The summed E-state index contributed by atoms with van der Waals surface area (Å²) in [5.74, 6) is 0.674. The first-order chi connectivity index (χ1) is 10.1. The van der Waals surface area contributed by atoms with Crippen molar-refractivity contribution in [3.63, 3.8) is 0 Å². The van der Waals surface area contributed by atoms with Crippen LogP contribution in [0.5, 0.6) is 0 Å². The lowest BCUT2D eigenvalue weighted by Gasteiger charge is -2.15. The van der Waals surface area contributed by atoms with E-state index in [0.717, 1.165) is 22.5 Å². The SMILES string of the molecule is CC(Nc1ccc(F)c(Br)c1)c1nc2ccccc2n1C. The van der Waals surface area contributed by atoms with E-state index in [4.69, 9.17) is 0 Å². The zero-order valence-electron chi connectivity index (χ0n) is 11.8. The molecule has 3 rings (SSSR count). The zero-order valence-corrected chi connectivity index (χ0v) is 13.4. The fourth-order valence-corrected chi connectivity index (χ4v) is 2.83. The monoisotopic (exact) mass is 347 g/mol. The molecule has 0 amide bonds. The smallest absolute Gasteiger partial charge is 0.137 e. The number of anilines is 1. The number of fused-ring (bicyclic) bond motifs is 1. The van der Waals surface area contributed by atoms with Crippen molar-refractivity contribution in [2.24, 2.45) is 7.05 Å². The average Bonchev–Trinajstić information content (AvgIpc) is 2.81. The highest BCUT2D eigenvalue weighted by molar-refractivity contribution is 9.10. The van der Waals surface area contributed by atoms with E-state index in [-0.39, 0.29) is 11.9 Å². The van der Waals surface area contributed by atoms with Gasteiger partial charge in [0.05, 0.1) is 21.5 Å². The Morgan fingerprint density at radius 3 is 2.71 bits per heavy atom. The number of para-hydroxylation sites is 2. The number of halogens is 2. The molecule has 1 atom stereocenters. The van der Waals surface area contributed by atoms with E-state index in [1.54, 1.807) is 12.1 Å². The van der Waals surface area contributed by atoms with Gasteiger partial charge in [-0.1, -0.05) is 12.1 Å².